The van der Waals surface area contributed by atoms with Crippen molar-refractivity contribution in [1.29, 1.82) is 5.26 Å². The third-order valence-electron chi connectivity index (χ3n) is 4.54. The Labute approximate surface area is 170 Å². The lowest BCUT2D eigenvalue weighted by Gasteiger charge is -2.20. The molecule has 0 saturated carbocycles. The summed E-state index contributed by atoms with van der Waals surface area (Å²) < 4.78 is 32.6. The summed E-state index contributed by atoms with van der Waals surface area (Å²) in [6.07, 6.45) is 0.456. The third kappa shape index (κ3) is 4.65. The SMILES string of the molecule is CCN(Cc1ccccc1)S(=O)(=O)c1ccc(C(=O)NC2=C(C#N)CCO2)cc1. The number of nitriles is 1. The van der Waals surface area contributed by atoms with Crippen LogP contribution in [0.3, 0.4) is 0 Å². The second kappa shape index (κ2) is 8.90. The molecule has 2 aromatic rings. The topological polar surface area (TPSA) is 99.5 Å². The third-order valence-corrected chi connectivity index (χ3v) is 6.48. The van der Waals surface area contributed by atoms with Crippen molar-refractivity contribution in [3.8, 4) is 6.07 Å². The van der Waals surface area contributed by atoms with Crippen LogP contribution >= 0.6 is 0 Å². The highest BCUT2D eigenvalue weighted by Crippen LogP contribution is 2.20. The lowest BCUT2D eigenvalue weighted by atomic mass is 10.2. The lowest BCUT2D eigenvalue weighted by molar-refractivity contribution is 0.0930. The number of amides is 1. The minimum atomic E-state index is -3.70. The van der Waals surface area contributed by atoms with Gasteiger partial charge in [-0.25, -0.2) is 8.42 Å². The molecule has 0 fully saturated rings. The van der Waals surface area contributed by atoms with E-state index in [0.29, 0.717) is 25.1 Å². The number of hydrogen-bond donors (Lipinski definition) is 1. The van der Waals surface area contributed by atoms with Crippen molar-refractivity contribution in [3.63, 3.8) is 0 Å². The second-order valence-corrected chi connectivity index (χ2v) is 8.35. The van der Waals surface area contributed by atoms with Gasteiger partial charge in [-0.05, 0) is 29.8 Å². The summed E-state index contributed by atoms with van der Waals surface area (Å²) in [4.78, 5) is 12.5. The quantitative estimate of drug-likeness (QED) is 0.755. The van der Waals surface area contributed by atoms with E-state index >= 15 is 0 Å². The van der Waals surface area contributed by atoms with Gasteiger partial charge in [0.1, 0.15) is 6.07 Å². The smallest absolute Gasteiger partial charge is 0.257 e. The van der Waals surface area contributed by atoms with Crippen molar-refractivity contribution in [2.24, 2.45) is 0 Å². The number of sulfonamides is 1. The molecule has 1 amide bonds. The number of ether oxygens (including phenoxy) is 1. The van der Waals surface area contributed by atoms with Crippen molar-refractivity contribution in [2.45, 2.75) is 24.8 Å². The van der Waals surface area contributed by atoms with Crippen LogP contribution in [0.2, 0.25) is 0 Å². The molecule has 0 bridgehead atoms. The van der Waals surface area contributed by atoms with Gasteiger partial charge in [0.2, 0.25) is 15.9 Å². The molecule has 1 aliphatic heterocycles. The number of carbonyl (C=O) groups excluding carboxylic acids is 1. The zero-order chi connectivity index (χ0) is 20.9. The van der Waals surface area contributed by atoms with E-state index in [1.807, 2.05) is 36.4 Å². The molecule has 0 unspecified atom stereocenters. The Morgan fingerprint density at radius 2 is 1.86 bits per heavy atom. The monoisotopic (exact) mass is 411 g/mol. The average molecular weight is 411 g/mol. The van der Waals surface area contributed by atoms with Gasteiger partial charge >= 0.3 is 0 Å². The summed E-state index contributed by atoms with van der Waals surface area (Å²) in [5, 5.41) is 11.6. The molecule has 0 aliphatic carbocycles. The maximum absolute atomic E-state index is 13.0. The highest BCUT2D eigenvalue weighted by atomic mass is 32.2. The Morgan fingerprint density at radius 1 is 1.17 bits per heavy atom. The van der Waals surface area contributed by atoms with E-state index in [4.69, 9.17) is 10.00 Å². The highest BCUT2D eigenvalue weighted by molar-refractivity contribution is 7.89. The number of carbonyl (C=O) groups is 1. The average Bonchev–Trinajstić information content (AvgIpc) is 3.19. The first-order valence-electron chi connectivity index (χ1n) is 9.17. The fraction of sp³-hybridized carbons (Fsp3) is 0.238. The molecule has 29 heavy (non-hydrogen) atoms. The fourth-order valence-corrected chi connectivity index (χ4v) is 4.37. The molecular weight excluding hydrogens is 390 g/mol. The van der Waals surface area contributed by atoms with Gasteiger partial charge in [-0.1, -0.05) is 37.3 Å². The molecule has 1 heterocycles. The summed E-state index contributed by atoms with van der Waals surface area (Å²) in [7, 11) is -3.70. The summed E-state index contributed by atoms with van der Waals surface area (Å²) in [6, 6.07) is 17.1. The molecule has 8 heteroatoms. The number of benzene rings is 2. The van der Waals surface area contributed by atoms with E-state index in [0.717, 1.165) is 5.56 Å². The second-order valence-electron chi connectivity index (χ2n) is 6.41. The first-order valence-corrected chi connectivity index (χ1v) is 10.6. The Balaban J connectivity index is 1.76. The summed E-state index contributed by atoms with van der Waals surface area (Å²) >= 11 is 0. The number of hydrogen-bond acceptors (Lipinski definition) is 5. The molecule has 2 aromatic carbocycles. The molecule has 0 atom stereocenters. The molecule has 0 spiro atoms. The van der Waals surface area contributed by atoms with Crippen LogP contribution < -0.4 is 5.32 Å². The minimum Gasteiger partial charge on any atom is -0.478 e. The number of rotatable bonds is 7. The van der Waals surface area contributed by atoms with Gasteiger partial charge in [0.05, 0.1) is 17.1 Å². The highest BCUT2D eigenvalue weighted by Gasteiger charge is 2.24. The van der Waals surface area contributed by atoms with E-state index in [-0.39, 0.29) is 22.9 Å². The first-order chi connectivity index (χ1) is 14.0. The molecule has 0 radical (unpaired) electrons. The van der Waals surface area contributed by atoms with Crippen molar-refractivity contribution >= 4 is 15.9 Å². The van der Waals surface area contributed by atoms with Crippen LogP contribution in [-0.4, -0.2) is 31.8 Å². The largest absolute Gasteiger partial charge is 0.478 e. The Hall–Kier alpha value is -3.15. The van der Waals surface area contributed by atoms with Crippen LogP contribution in [0.5, 0.6) is 0 Å². The van der Waals surface area contributed by atoms with Gasteiger partial charge in [-0.2, -0.15) is 9.57 Å². The predicted octanol–water partition coefficient (Wildman–Crippen LogP) is 2.78. The Bertz CT molecular complexity index is 1060. The van der Waals surface area contributed by atoms with E-state index in [2.05, 4.69) is 5.32 Å². The lowest BCUT2D eigenvalue weighted by Crippen LogP contribution is -2.30. The maximum atomic E-state index is 13.0. The van der Waals surface area contributed by atoms with Crippen LogP contribution in [0.25, 0.3) is 0 Å². The van der Waals surface area contributed by atoms with E-state index in [9.17, 15) is 13.2 Å². The molecule has 1 aliphatic rings. The number of nitrogens with one attached hydrogen (secondary N) is 1. The summed E-state index contributed by atoms with van der Waals surface area (Å²) in [6.45, 7) is 2.72. The Morgan fingerprint density at radius 3 is 2.48 bits per heavy atom. The van der Waals surface area contributed by atoms with Crippen molar-refractivity contribution in [3.05, 3.63) is 77.2 Å². The van der Waals surface area contributed by atoms with Gasteiger partial charge < -0.3 is 4.74 Å². The molecule has 0 saturated heterocycles. The zero-order valence-corrected chi connectivity index (χ0v) is 16.8. The molecule has 3 rings (SSSR count). The molecule has 150 valence electrons. The Kier molecular flexibility index (Phi) is 6.32. The first kappa shape index (κ1) is 20.6. The van der Waals surface area contributed by atoms with Gasteiger partial charge in [-0.3, -0.25) is 10.1 Å². The van der Waals surface area contributed by atoms with Crippen LogP contribution in [-0.2, 0) is 21.3 Å². The fourth-order valence-electron chi connectivity index (χ4n) is 2.93. The van der Waals surface area contributed by atoms with Crippen LogP contribution in [0.1, 0.15) is 29.3 Å². The van der Waals surface area contributed by atoms with Crippen molar-refractivity contribution < 1.29 is 17.9 Å². The molecule has 1 N–H and O–H groups in total. The van der Waals surface area contributed by atoms with Crippen molar-refractivity contribution in [1.82, 2.24) is 9.62 Å². The van der Waals surface area contributed by atoms with Gasteiger partial charge in [0, 0.05) is 25.1 Å². The molecule has 0 aromatic heterocycles. The van der Waals surface area contributed by atoms with Crippen LogP contribution in [0.4, 0.5) is 0 Å². The van der Waals surface area contributed by atoms with E-state index in [1.165, 1.54) is 28.6 Å². The summed E-state index contributed by atoms with van der Waals surface area (Å²) in [5.41, 5.74) is 1.56. The maximum Gasteiger partial charge on any atom is 0.257 e. The summed E-state index contributed by atoms with van der Waals surface area (Å²) in [5.74, 6) is -0.301. The van der Waals surface area contributed by atoms with E-state index < -0.39 is 15.9 Å². The molecule has 7 nitrogen and oxygen atoms in total. The number of nitrogens with zero attached hydrogens (tertiary/aromatic N) is 2. The van der Waals surface area contributed by atoms with Crippen LogP contribution in [0.15, 0.2) is 70.9 Å². The van der Waals surface area contributed by atoms with Crippen molar-refractivity contribution in [2.75, 3.05) is 13.2 Å². The standard InChI is InChI=1S/C21H21N3O4S/c1-2-24(15-16-6-4-3-5-7-16)29(26,27)19-10-8-17(9-11-19)20(25)23-21-18(14-22)12-13-28-21/h3-11H,2,12-13,15H2,1H3,(H,23,25). The normalized spacial score (nSPS) is 13.8. The van der Waals surface area contributed by atoms with Gasteiger partial charge in [0.15, 0.2) is 0 Å². The zero-order valence-electron chi connectivity index (χ0n) is 16.0. The van der Waals surface area contributed by atoms with Gasteiger partial charge in [-0.15, -0.1) is 0 Å². The minimum absolute atomic E-state index is 0.112. The van der Waals surface area contributed by atoms with Crippen LogP contribution in [0, 0.1) is 11.3 Å². The predicted molar refractivity (Wildman–Crippen MR) is 107 cm³/mol. The van der Waals surface area contributed by atoms with E-state index in [1.54, 1.807) is 6.92 Å². The molecular formula is C21H21N3O4S. The van der Waals surface area contributed by atoms with Gasteiger partial charge in [0.25, 0.3) is 5.91 Å².